The molecule has 5 heterocycles. The van der Waals surface area contributed by atoms with E-state index in [1.807, 2.05) is 54.6 Å². The standard InChI is InChI=1S/C30H24BrN5O5/c1-2-30(41-40-16-22-15-35(34-33-22)13-18-7-9-21(31)10-8-18)24-12-26-27-20(11-19-5-3-4-6-25(19)32-27)14-36(26)28(37)23(24)17-39-29(30)38/h3-12,15H,2,13-14,16-17H2,1H3/t30-/m0/s1. The molecule has 0 amide bonds. The molecule has 0 saturated heterocycles. The number of carbonyl (C=O) groups is 1. The minimum atomic E-state index is -1.62. The molecule has 0 unspecified atom stereocenters. The lowest BCUT2D eigenvalue weighted by atomic mass is 9.86. The Morgan fingerprint density at radius 2 is 1.93 bits per heavy atom. The first-order valence-electron chi connectivity index (χ1n) is 13.2. The number of para-hydroxylation sites is 1. The van der Waals surface area contributed by atoms with Crippen LogP contribution in [0.15, 0.2) is 76.1 Å². The van der Waals surface area contributed by atoms with Crippen LogP contribution in [0.3, 0.4) is 0 Å². The molecule has 0 aliphatic carbocycles. The molecule has 2 aromatic carbocycles. The van der Waals surface area contributed by atoms with Crippen LogP contribution in [0.2, 0.25) is 0 Å². The second-order valence-corrected chi connectivity index (χ2v) is 11.1. The summed E-state index contributed by atoms with van der Waals surface area (Å²) in [7, 11) is 0. The van der Waals surface area contributed by atoms with Gasteiger partial charge in [0, 0.05) is 21.0 Å². The van der Waals surface area contributed by atoms with E-state index in [-0.39, 0.29) is 25.2 Å². The van der Waals surface area contributed by atoms with Gasteiger partial charge >= 0.3 is 5.97 Å². The maximum Gasteiger partial charge on any atom is 0.346 e. The number of cyclic esters (lactones) is 1. The van der Waals surface area contributed by atoms with Gasteiger partial charge in [0.2, 0.25) is 5.60 Å². The van der Waals surface area contributed by atoms with Crippen LogP contribution in [0, 0.1) is 0 Å². The molecule has 41 heavy (non-hydrogen) atoms. The van der Waals surface area contributed by atoms with Gasteiger partial charge in [0.15, 0.2) is 0 Å². The van der Waals surface area contributed by atoms with Crippen LogP contribution in [-0.2, 0) is 51.2 Å². The van der Waals surface area contributed by atoms with Crippen LogP contribution in [-0.4, -0.2) is 30.5 Å². The molecular weight excluding hydrogens is 590 g/mol. The molecule has 2 aliphatic rings. The zero-order valence-corrected chi connectivity index (χ0v) is 23.6. The van der Waals surface area contributed by atoms with E-state index >= 15 is 0 Å². The third kappa shape index (κ3) is 4.37. The summed E-state index contributed by atoms with van der Waals surface area (Å²) in [6, 6.07) is 19.6. The van der Waals surface area contributed by atoms with Crippen molar-refractivity contribution in [1.82, 2.24) is 24.5 Å². The van der Waals surface area contributed by atoms with Crippen LogP contribution >= 0.6 is 15.9 Å². The van der Waals surface area contributed by atoms with E-state index in [4.69, 9.17) is 19.5 Å². The molecule has 1 atom stereocenters. The zero-order valence-electron chi connectivity index (χ0n) is 22.0. The molecule has 2 aliphatic heterocycles. The van der Waals surface area contributed by atoms with Crippen LogP contribution in [0.5, 0.6) is 0 Å². The quantitative estimate of drug-likeness (QED) is 0.145. The van der Waals surface area contributed by atoms with Crippen LogP contribution < -0.4 is 5.56 Å². The minimum Gasteiger partial charge on any atom is -0.458 e. The average molecular weight is 614 g/mol. The Balaban J connectivity index is 1.17. The first-order chi connectivity index (χ1) is 19.9. The second kappa shape index (κ2) is 10.0. The van der Waals surface area contributed by atoms with Crippen molar-refractivity contribution in [3.8, 4) is 11.4 Å². The van der Waals surface area contributed by atoms with Gasteiger partial charge in [-0.2, -0.15) is 0 Å². The number of nitrogens with zero attached hydrogens (tertiary/aromatic N) is 5. The molecule has 0 bridgehead atoms. The molecular formula is C30H24BrN5O5. The van der Waals surface area contributed by atoms with Crippen LogP contribution in [0.1, 0.15) is 41.3 Å². The lowest BCUT2D eigenvalue weighted by Gasteiger charge is -2.34. The molecule has 5 aromatic rings. The Morgan fingerprint density at radius 1 is 1.10 bits per heavy atom. The first-order valence-corrected chi connectivity index (χ1v) is 14.0. The van der Waals surface area contributed by atoms with Gasteiger partial charge in [0.1, 0.15) is 18.9 Å². The smallest absolute Gasteiger partial charge is 0.346 e. The van der Waals surface area contributed by atoms with Crippen molar-refractivity contribution in [3.05, 3.63) is 110 Å². The van der Waals surface area contributed by atoms with Gasteiger partial charge in [0.25, 0.3) is 5.56 Å². The number of esters is 1. The molecule has 11 heteroatoms. The van der Waals surface area contributed by atoms with Crippen molar-refractivity contribution < 1.29 is 19.3 Å². The number of carbonyl (C=O) groups excluding carboxylic acids is 1. The number of rotatable bonds is 7. The highest BCUT2D eigenvalue weighted by Crippen LogP contribution is 2.41. The summed E-state index contributed by atoms with van der Waals surface area (Å²) in [4.78, 5) is 43.2. The van der Waals surface area contributed by atoms with Gasteiger partial charge in [-0.1, -0.05) is 58.4 Å². The van der Waals surface area contributed by atoms with Gasteiger partial charge < -0.3 is 9.30 Å². The number of hydrogen-bond acceptors (Lipinski definition) is 8. The Morgan fingerprint density at radius 3 is 2.76 bits per heavy atom. The van der Waals surface area contributed by atoms with Crippen LogP contribution in [0.4, 0.5) is 0 Å². The maximum atomic E-state index is 13.7. The van der Waals surface area contributed by atoms with E-state index < -0.39 is 11.6 Å². The number of pyridine rings is 2. The molecule has 206 valence electrons. The fourth-order valence-corrected chi connectivity index (χ4v) is 5.77. The van der Waals surface area contributed by atoms with E-state index in [2.05, 4.69) is 32.3 Å². The number of hydrogen-bond donors (Lipinski definition) is 0. The third-order valence-corrected chi connectivity index (χ3v) is 8.17. The van der Waals surface area contributed by atoms with Crippen molar-refractivity contribution in [2.75, 3.05) is 0 Å². The van der Waals surface area contributed by atoms with Crippen molar-refractivity contribution in [3.63, 3.8) is 0 Å². The highest BCUT2D eigenvalue weighted by molar-refractivity contribution is 9.10. The fourth-order valence-electron chi connectivity index (χ4n) is 5.50. The predicted octanol–water partition coefficient (Wildman–Crippen LogP) is 4.64. The first kappa shape index (κ1) is 25.8. The van der Waals surface area contributed by atoms with Gasteiger partial charge in [-0.05, 0) is 42.3 Å². The summed E-state index contributed by atoms with van der Waals surface area (Å²) in [6.07, 6.45) is 1.94. The number of aromatic nitrogens is 5. The lowest BCUT2D eigenvalue weighted by Crippen LogP contribution is -2.46. The van der Waals surface area contributed by atoms with E-state index in [1.165, 1.54) is 0 Å². The van der Waals surface area contributed by atoms with E-state index in [9.17, 15) is 9.59 Å². The number of benzene rings is 2. The van der Waals surface area contributed by atoms with Gasteiger partial charge in [0.05, 0.1) is 41.8 Å². The highest BCUT2D eigenvalue weighted by atomic mass is 79.9. The average Bonchev–Trinajstić information content (AvgIpc) is 3.58. The van der Waals surface area contributed by atoms with Gasteiger partial charge in [-0.25, -0.2) is 24.2 Å². The Bertz CT molecular complexity index is 1880. The number of halogens is 1. The second-order valence-electron chi connectivity index (χ2n) is 10.1. The predicted molar refractivity (Wildman–Crippen MR) is 151 cm³/mol. The number of fused-ring (bicyclic) bond motifs is 5. The van der Waals surface area contributed by atoms with E-state index in [0.29, 0.717) is 35.6 Å². The van der Waals surface area contributed by atoms with Crippen molar-refractivity contribution in [1.29, 1.82) is 0 Å². The summed E-state index contributed by atoms with van der Waals surface area (Å²) in [6.45, 7) is 2.55. The van der Waals surface area contributed by atoms with E-state index in [0.717, 1.165) is 32.2 Å². The molecule has 0 saturated carbocycles. The summed E-state index contributed by atoms with van der Waals surface area (Å²) in [5, 5.41) is 9.32. The summed E-state index contributed by atoms with van der Waals surface area (Å²) in [5.41, 5.74) is 3.69. The Hall–Kier alpha value is -4.19. The normalized spacial score (nSPS) is 17.3. The monoisotopic (exact) mass is 613 g/mol. The van der Waals surface area contributed by atoms with Crippen molar-refractivity contribution in [2.24, 2.45) is 0 Å². The molecule has 0 spiro atoms. The van der Waals surface area contributed by atoms with Crippen molar-refractivity contribution in [2.45, 2.75) is 45.2 Å². The third-order valence-electron chi connectivity index (χ3n) is 7.64. The molecule has 0 N–H and O–H groups in total. The lowest BCUT2D eigenvalue weighted by molar-refractivity contribution is -0.371. The maximum absolute atomic E-state index is 13.7. The molecule has 3 aromatic heterocycles. The van der Waals surface area contributed by atoms with Crippen LogP contribution in [0.25, 0.3) is 22.3 Å². The summed E-state index contributed by atoms with van der Waals surface area (Å²) in [5.74, 6) is -0.611. The topological polar surface area (TPSA) is 110 Å². The largest absolute Gasteiger partial charge is 0.458 e. The Kier molecular flexibility index (Phi) is 6.29. The Labute approximate surface area is 242 Å². The van der Waals surface area contributed by atoms with Gasteiger partial charge in [-0.3, -0.25) is 4.79 Å². The molecule has 10 nitrogen and oxygen atoms in total. The number of ether oxygens (including phenoxy) is 1. The summed E-state index contributed by atoms with van der Waals surface area (Å²) < 4.78 is 9.84. The molecule has 0 radical (unpaired) electrons. The zero-order chi connectivity index (χ0) is 28.1. The highest BCUT2D eigenvalue weighted by Gasteiger charge is 2.49. The minimum absolute atomic E-state index is 0.0506. The van der Waals surface area contributed by atoms with Crippen molar-refractivity contribution >= 4 is 32.8 Å². The van der Waals surface area contributed by atoms with E-state index in [1.54, 1.807) is 22.4 Å². The fraction of sp³-hybridized carbons (Fsp3) is 0.233. The molecule has 7 rings (SSSR count). The van der Waals surface area contributed by atoms with Gasteiger partial charge in [-0.15, -0.1) is 5.10 Å². The SMILES string of the molecule is CC[C@@]1(OOCc2cn(Cc3ccc(Br)cc3)nn2)C(=O)OCc2c1cc1n(c2=O)Cc2cc3ccccc3nc2-1. The summed E-state index contributed by atoms with van der Waals surface area (Å²) >= 11 is 3.44. The molecule has 0 fully saturated rings.